The number of hydrogen-bond donors (Lipinski definition) is 1. The van der Waals surface area contributed by atoms with Crippen molar-refractivity contribution in [2.45, 2.75) is 32.2 Å². The van der Waals surface area contributed by atoms with Gasteiger partial charge in [0.15, 0.2) is 5.60 Å². The number of imidazole rings is 1. The van der Waals surface area contributed by atoms with E-state index in [0.717, 1.165) is 10.4 Å². The number of aliphatic hydroxyl groups is 1. The zero-order chi connectivity index (χ0) is 22.4. The Morgan fingerprint density at radius 3 is 2.61 bits per heavy atom. The van der Waals surface area contributed by atoms with E-state index in [1.54, 1.807) is 6.07 Å². The molecule has 0 saturated heterocycles. The van der Waals surface area contributed by atoms with Gasteiger partial charge in [0.05, 0.1) is 24.1 Å². The van der Waals surface area contributed by atoms with Gasteiger partial charge < -0.3 is 9.51 Å². The minimum absolute atomic E-state index is 0.200. The van der Waals surface area contributed by atoms with Crippen LogP contribution in [0.2, 0.25) is 0 Å². The predicted octanol–water partition coefficient (Wildman–Crippen LogP) is 3.75. The molecule has 0 aliphatic carbocycles. The van der Waals surface area contributed by atoms with Crippen molar-refractivity contribution in [3.63, 3.8) is 0 Å². The molecule has 4 heterocycles. The first kappa shape index (κ1) is 20.6. The standard InChI is InChI=1S/C21H17F3N6O/c1-13-10-29-6-5-14(7-18(29)27-13)19-17(4-3-16(8-25)28-19)15-9-26-30(11-15)12-20(2,31)21(22,23)24/h3-7,9-11,31H,12H2,1-2H3. The fourth-order valence-corrected chi connectivity index (χ4v) is 3.22. The van der Waals surface area contributed by atoms with Crippen LogP contribution in [-0.4, -0.2) is 41.0 Å². The minimum atomic E-state index is -4.79. The summed E-state index contributed by atoms with van der Waals surface area (Å²) in [4.78, 5) is 8.84. The molecule has 0 spiro atoms. The molecule has 0 saturated carbocycles. The van der Waals surface area contributed by atoms with E-state index < -0.39 is 18.3 Å². The number of alkyl halides is 3. The molecule has 4 aromatic heterocycles. The Bertz CT molecular complexity index is 1310. The number of pyridine rings is 2. The summed E-state index contributed by atoms with van der Waals surface area (Å²) in [6.07, 6.45) is 1.70. The van der Waals surface area contributed by atoms with Gasteiger partial charge in [0.2, 0.25) is 0 Å². The summed E-state index contributed by atoms with van der Waals surface area (Å²) < 4.78 is 41.9. The van der Waals surface area contributed by atoms with Crippen LogP contribution in [0.25, 0.3) is 28.0 Å². The van der Waals surface area contributed by atoms with Crippen molar-refractivity contribution in [2.24, 2.45) is 0 Å². The van der Waals surface area contributed by atoms with Gasteiger partial charge in [0, 0.05) is 35.3 Å². The fraction of sp³-hybridized carbons (Fsp3) is 0.238. The predicted molar refractivity (Wildman–Crippen MR) is 106 cm³/mol. The Morgan fingerprint density at radius 1 is 1.13 bits per heavy atom. The van der Waals surface area contributed by atoms with Crippen LogP contribution in [0.4, 0.5) is 13.2 Å². The second-order valence-electron chi connectivity index (χ2n) is 7.47. The van der Waals surface area contributed by atoms with Gasteiger partial charge in [-0.1, -0.05) is 0 Å². The molecular formula is C21H17F3N6O. The van der Waals surface area contributed by atoms with E-state index >= 15 is 0 Å². The number of nitrogens with zero attached hydrogens (tertiary/aromatic N) is 6. The molecule has 7 nitrogen and oxygen atoms in total. The summed E-state index contributed by atoms with van der Waals surface area (Å²) in [5.74, 6) is 0. The SMILES string of the molecule is Cc1cn2ccc(-c3nc(C#N)ccc3-c3cnn(CC(C)(O)C(F)(F)F)c3)cc2n1. The lowest BCUT2D eigenvalue weighted by molar-refractivity contribution is -0.258. The highest BCUT2D eigenvalue weighted by Gasteiger charge is 2.50. The Labute approximate surface area is 175 Å². The highest BCUT2D eigenvalue weighted by Crippen LogP contribution is 2.33. The van der Waals surface area contributed by atoms with Crippen LogP contribution in [0.5, 0.6) is 0 Å². The Morgan fingerprint density at radius 2 is 1.90 bits per heavy atom. The van der Waals surface area contributed by atoms with Gasteiger partial charge in [-0.05, 0) is 38.1 Å². The van der Waals surface area contributed by atoms with E-state index in [1.807, 2.05) is 41.9 Å². The number of hydrogen-bond acceptors (Lipinski definition) is 5. The summed E-state index contributed by atoms with van der Waals surface area (Å²) in [6, 6.07) is 8.84. The fourth-order valence-electron chi connectivity index (χ4n) is 3.22. The van der Waals surface area contributed by atoms with E-state index in [1.165, 1.54) is 18.5 Å². The monoisotopic (exact) mass is 426 g/mol. The number of halogens is 3. The maximum absolute atomic E-state index is 13.0. The average molecular weight is 426 g/mol. The van der Waals surface area contributed by atoms with E-state index in [2.05, 4.69) is 15.1 Å². The van der Waals surface area contributed by atoms with Crippen LogP contribution in [0.1, 0.15) is 18.3 Å². The molecule has 4 aromatic rings. The van der Waals surface area contributed by atoms with Gasteiger partial charge >= 0.3 is 6.18 Å². The highest BCUT2D eigenvalue weighted by atomic mass is 19.4. The maximum atomic E-state index is 13.0. The zero-order valence-electron chi connectivity index (χ0n) is 16.6. The Balaban J connectivity index is 1.78. The number of aryl methyl sites for hydroxylation is 1. The average Bonchev–Trinajstić information content (AvgIpc) is 3.30. The molecule has 0 amide bonds. The van der Waals surface area contributed by atoms with E-state index in [4.69, 9.17) is 0 Å². The number of rotatable bonds is 4. The van der Waals surface area contributed by atoms with Gasteiger partial charge in [-0.25, -0.2) is 9.97 Å². The van der Waals surface area contributed by atoms with Gasteiger partial charge in [-0.15, -0.1) is 0 Å². The van der Waals surface area contributed by atoms with Crippen molar-refractivity contribution in [2.75, 3.05) is 0 Å². The van der Waals surface area contributed by atoms with Crippen LogP contribution in [0.15, 0.2) is 49.1 Å². The minimum Gasteiger partial charge on any atom is -0.379 e. The third-order valence-corrected chi connectivity index (χ3v) is 4.89. The zero-order valence-corrected chi connectivity index (χ0v) is 16.6. The second kappa shape index (κ2) is 7.21. The molecule has 0 radical (unpaired) electrons. The van der Waals surface area contributed by atoms with Crippen LogP contribution in [0.3, 0.4) is 0 Å². The quantitative estimate of drug-likeness (QED) is 0.537. The van der Waals surface area contributed by atoms with E-state index in [0.29, 0.717) is 35.0 Å². The van der Waals surface area contributed by atoms with Gasteiger partial charge in [-0.3, -0.25) is 4.68 Å². The van der Waals surface area contributed by atoms with E-state index in [9.17, 15) is 23.5 Å². The van der Waals surface area contributed by atoms with Crippen molar-refractivity contribution in [3.8, 4) is 28.5 Å². The largest absolute Gasteiger partial charge is 0.418 e. The van der Waals surface area contributed by atoms with Crippen LogP contribution in [0, 0.1) is 18.3 Å². The summed E-state index contributed by atoms with van der Waals surface area (Å²) >= 11 is 0. The third kappa shape index (κ3) is 3.87. The lowest BCUT2D eigenvalue weighted by atomic mass is 10.0. The topological polar surface area (TPSA) is 92.0 Å². The summed E-state index contributed by atoms with van der Waals surface area (Å²) in [5, 5.41) is 23.0. The van der Waals surface area contributed by atoms with Crippen molar-refractivity contribution in [1.82, 2.24) is 24.1 Å². The smallest absolute Gasteiger partial charge is 0.379 e. The number of aromatic nitrogens is 5. The Kier molecular flexibility index (Phi) is 4.78. The molecule has 0 fully saturated rings. The van der Waals surface area contributed by atoms with Crippen molar-refractivity contribution < 1.29 is 18.3 Å². The normalized spacial score (nSPS) is 13.8. The molecule has 10 heteroatoms. The first-order chi connectivity index (χ1) is 14.6. The van der Waals surface area contributed by atoms with Gasteiger partial charge in [0.1, 0.15) is 17.4 Å². The molecule has 1 N–H and O–H groups in total. The van der Waals surface area contributed by atoms with Crippen molar-refractivity contribution in [1.29, 1.82) is 5.26 Å². The Hall–Kier alpha value is -3.71. The third-order valence-electron chi connectivity index (χ3n) is 4.89. The maximum Gasteiger partial charge on any atom is 0.418 e. The first-order valence-corrected chi connectivity index (χ1v) is 9.26. The summed E-state index contributed by atoms with van der Waals surface area (Å²) in [6.45, 7) is 1.82. The number of nitriles is 1. The molecule has 1 atom stereocenters. The van der Waals surface area contributed by atoms with Crippen LogP contribution >= 0.6 is 0 Å². The van der Waals surface area contributed by atoms with Crippen molar-refractivity contribution in [3.05, 3.63) is 60.4 Å². The summed E-state index contributed by atoms with van der Waals surface area (Å²) in [5.41, 5.74) is 1.08. The van der Waals surface area contributed by atoms with Crippen LogP contribution in [-0.2, 0) is 6.54 Å². The summed E-state index contributed by atoms with van der Waals surface area (Å²) in [7, 11) is 0. The first-order valence-electron chi connectivity index (χ1n) is 9.26. The molecule has 0 aliphatic rings. The molecular weight excluding hydrogens is 409 g/mol. The number of fused-ring (bicyclic) bond motifs is 1. The van der Waals surface area contributed by atoms with Gasteiger partial charge in [-0.2, -0.15) is 23.5 Å². The lowest BCUT2D eigenvalue weighted by Gasteiger charge is -2.25. The molecule has 158 valence electrons. The molecule has 31 heavy (non-hydrogen) atoms. The molecule has 0 bridgehead atoms. The lowest BCUT2D eigenvalue weighted by Crippen LogP contribution is -2.45. The van der Waals surface area contributed by atoms with Crippen molar-refractivity contribution >= 4 is 5.65 Å². The highest BCUT2D eigenvalue weighted by molar-refractivity contribution is 5.81. The molecule has 1 unspecified atom stereocenters. The van der Waals surface area contributed by atoms with E-state index in [-0.39, 0.29) is 5.69 Å². The van der Waals surface area contributed by atoms with Gasteiger partial charge in [0.25, 0.3) is 0 Å². The second-order valence-corrected chi connectivity index (χ2v) is 7.47. The van der Waals surface area contributed by atoms with Crippen LogP contribution < -0.4 is 0 Å². The molecule has 0 aromatic carbocycles. The molecule has 4 rings (SSSR count). The molecule has 0 aliphatic heterocycles.